The van der Waals surface area contributed by atoms with Crippen molar-refractivity contribution in [3.05, 3.63) is 29.8 Å². The van der Waals surface area contributed by atoms with Crippen LogP contribution in [0, 0.1) is 11.6 Å². The molecule has 0 amide bonds. The summed E-state index contributed by atoms with van der Waals surface area (Å²) in [6.45, 7) is 2.46. The molecule has 0 radical (unpaired) electrons. The van der Waals surface area contributed by atoms with E-state index in [-0.39, 0.29) is 5.82 Å². The Kier molecular flexibility index (Phi) is 5.41. The van der Waals surface area contributed by atoms with E-state index in [1.54, 1.807) is 0 Å². The van der Waals surface area contributed by atoms with E-state index in [0.717, 1.165) is 44.7 Å². The number of halogens is 2. The summed E-state index contributed by atoms with van der Waals surface area (Å²) < 4.78 is 31.7. The first kappa shape index (κ1) is 13.8. The molecule has 1 fully saturated rings. The van der Waals surface area contributed by atoms with Crippen molar-refractivity contribution in [2.75, 3.05) is 25.4 Å². The predicted octanol–water partition coefficient (Wildman–Crippen LogP) is 2.83. The van der Waals surface area contributed by atoms with Crippen LogP contribution in [-0.4, -0.2) is 31.6 Å². The van der Waals surface area contributed by atoms with Crippen molar-refractivity contribution in [3.63, 3.8) is 0 Å². The summed E-state index contributed by atoms with van der Waals surface area (Å²) in [6.07, 6.45) is 2.56. The molecule has 1 aromatic carbocycles. The Morgan fingerprint density at radius 3 is 3.06 bits per heavy atom. The lowest BCUT2D eigenvalue weighted by Crippen LogP contribution is -2.27. The summed E-state index contributed by atoms with van der Waals surface area (Å²) in [7, 11) is 0. The summed E-state index contributed by atoms with van der Waals surface area (Å²) in [6, 6.07) is 3.53. The van der Waals surface area contributed by atoms with E-state index in [1.807, 2.05) is 0 Å². The quantitative estimate of drug-likeness (QED) is 0.636. The van der Waals surface area contributed by atoms with Gasteiger partial charge in [0, 0.05) is 30.3 Å². The van der Waals surface area contributed by atoms with Crippen molar-refractivity contribution in [3.8, 4) is 0 Å². The van der Waals surface area contributed by atoms with Crippen molar-refractivity contribution in [1.29, 1.82) is 0 Å². The molecule has 0 saturated carbocycles. The highest BCUT2D eigenvalue weighted by Crippen LogP contribution is 2.22. The van der Waals surface area contributed by atoms with Gasteiger partial charge in [0.15, 0.2) is 0 Å². The number of hydrogen-bond acceptors (Lipinski definition) is 3. The van der Waals surface area contributed by atoms with Crippen molar-refractivity contribution < 1.29 is 13.5 Å². The van der Waals surface area contributed by atoms with E-state index < -0.39 is 5.82 Å². The third-order valence-electron chi connectivity index (χ3n) is 2.83. The van der Waals surface area contributed by atoms with Gasteiger partial charge in [0.1, 0.15) is 11.6 Å². The Morgan fingerprint density at radius 1 is 1.39 bits per heavy atom. The minimum atomic E-state index is -0.397. The van der Waals surface area contributed by atoms with E-state index >= 15 is 0 Å². The second kappa shape index (κ2) is 7.07. The number of hydrogen-bond donors (Lipinski definition) is 1. The van der Waals surface area contributed by atoms with Gasteiger partial charge >= 0.3 is 0 Å². The molecular weight excluding hydrogens is 256 g/mol. The summed E-state index contributed by atoms with van der Waals surface area (Å²) in [5.41, 5.74) is 0. The van der Waals surface area contributed by atoms with Gasteiger partial charge < -0.3 is 10.1 Å². The van der Waals surface area contributed by atoms with Crippen LogP contribution in [0.3, 0.4) is 0 Å². The Labute approximate surface area is 110 Å². The van der Waals surface area contributed by atoms with Crippen molar-refractivity contribution in [2.45, 2.75) is 23.8 Å². The second-order valence-electron chi connectivity index (χ2n) is 4.26. The first-order valence-electron chi connectivity index (χ1n) is 6.16. The molecule has 2 rings (SSSR count). The van der Waals surface area contributed by atoms with E-state index in [9.17, 15) is 8.78 Å². The van der Waals surface area contributed by atoms with E-state index in [4.69, 9.17) is 4.74 Å². The Bertz CT molecular complexity index is 383. The zero-order valence-electron chi connectivity index (χ0n) is 10.1. The molecule has 1 unspecified atom stereocenters. The standard InChI is InChI=1S/C13H17F2NOS/c14-10-3-4-12(15)13(8-10)18-7-5-16-9-11-2-1-6-17-11/h3-4,8,11,16H,1-2,5-7,9H2. The molecular formula is C13H17F2NOS. The topological polar surface area (TPSA) is 21.3 Å². The molecule has 18 heavy (non-hydrogen) atoms. The minimum Gasteiger partial charge on any atom is -0.377 e. The van der Waals surface area contributed by atoms with E-state index in [2.05, 4.69) is 5.32 Å². The fraction of sp³-hybridized carbons (Fsp3) is 0.538. The van der Waals surface area contributed by atoms with Crippen molar-refractivity contribution >= 4 is 11.8 Å². The molecule has 0 aliphatic carbocycles. The molecule has 1 aliphatic rings. The van der Waals surface area contributed by atoms with E-state index in [1.165, 1.54) is 17.8 Å². The van der Waals surface area contributed by atoms with Gasteiger partial charge in [-0.3, -0.25) is 0 Å². The lowest BCUT2D eigenvalue weighted by Gasteiger charge is -2.10. The largest absolute Gasteiger partial charge is 0.377 e. The Balaban J connectivity index is 1.64. The highest BCUT2D eigenvalue weighted by molar-refractivity contribution is 7.99. The summed E-state index contributed by atoms with van der Waals surface area (Å²) >= 11 is 1.33. The number of thioether (sulfide) groups is 1. The third-order valence-corrected chi connectivity index (χ3v) is 3.86. The number of rotatable bonds is 6. The SMILES string of the molecule is Fc1ccc(F)c(SCCNCC2CCCO2)c1. The Morgan fingerprint density at radius 2 is 2.28 bits per heavy atom. The number of ether oxygens (including phenoxy) is 1. The number of benzene rings is 1. The molecule has 100 valence electrons. The molecule has 0 aromatic heterocycles. The molecule has 1 N–H and O–H groups in total. The first-order valence-corrected chi connectivity index (χ1v) is 7.14. The molecule has 1 saturated heterocycles. The maximum Gasteiger partial charge on any atom is 0.136 e. The van der Waals surface area contributed by atoms with Crippen molar-refractivity contribution in [1.82, 2.24) is 5.32 Å². The highest BCUT2D eigenvalue weighted by Gasteiger charge is 2.14. The lowest BCUT2D eigenvalue weighted by atomic mass is 10.2. The maximum atomic E-state index is 13.3. The summed E-state index contributed by atoms with van der Waals surface area (Å²) in [5, 5.41) is 3.27. The second-order valence-corrected chi connectivity index (χ2v) is 5.40. The zero-order valence-corrected chi connectivity index (χ0v) is 10.9. The maximum absolute atomic E-state index is 13.3. The highest BCUT2D eigenvalue weighted by atomic mass is 32.2. The van der Waals surface area contributed by atoms with Crippen LogP contribution in [0.1, 0.15) is 12.8 Å². The monoisotopic (exact) mass is 273 g/mol. The molecule has 1 aromatic rings. The summed E-state index contributed by atoms with van der Waals surface area (Å²) in [5.74, 6) is -0.0423. The van der Waals surface area contributed by atoms with Crippen LogP contribution >= 0.6 is 11.8 Å². The molecule has 1 aliphatic heterocycles. The number of nitrogens with one attached hydrogen (secondary N) is 1. The van der Waals surface area contributed by atoms with Crippen LogP contribution in [0.25, 0.3) is 0 Å². The van der Waals surface area contributed by atoms with Crippen LogP contribution in [0.2, 0.25) is 0 Å². The molecule has 0 spiro atoms. The van der Waals surface area contributed by atoms with Crippen LogP contribution in [-0.2, 0) is 4.74 Å². The van der Waals surface area contributed by atoms with Crippen LogP contribution in [0.4, 0.5) is 8.78 Å². The van der Waals surface area contributed by atoms with Gasteiger partial charge in [0.2, 0.25) is 0 Å². The van der Waals surface area contributed by atoms with Gasteiger partial charge in [-0.1, -0.05) is 0 Å². The fourth-order valence-electron chi connectivity index (χ4n) is 1.89. The molecule has 1 atom stereocenters. The average Bonchev–Trinajstić information content (AvgIpc) is 2.86. The van der Waals surface area contributed by atoms with Crippen LogP contribution in [0.15, 0.2) is 23.1 Å². The predicted molar refractivity (Wildman–Crippen MR) is 68.9 cm³/mol. The van der Waals surface area contributed by atoms with Crippen LogP contribution < -0.4 is 5.32 Å². The van der Waals surface area contributed by atoms with Gasteiger partial charge in [0.05, 0.1) is 6.10 Å². The zero-order chi connectivity index (χ0) is 12.8. The molecule has 0 bridgehead atoms. The Hall–Kier alpha value is -0.650. The minimum absolute atomic E-state index is 0.320. The first-order chi connectivity index (χ1) is 8.75. The van der Waals surface area contributed by atoms with Gasteiger partial charge in [-0.25, -0.2) is 8.78 Å². The molecule has 5 heteroatoms. The van der Waals surface area contributed by atoms with Gasteiger partial charge in [-0.05, 0) is 31.0 Å². The van der Waals surface area contributed by atoms with Gasteiger partial charge in [-0.2, -0.15) is 0 Å². The average molecular weight is 273 g/mol. The third kappa shape index (κ3) is 4.23. The van der Waals surface area contributed by atoms with E-state index in [0.29, 0.717) is 16.8 Å². The van der Waals surface area contributed by atoms with Crippen LogP contribution in [0.5, 0.6) is 0 Å². The van der Waals surface area contributed by atoms with Crippen molar-refractivity contribution in [2.24, 2.45) is 0 Å². The summed E-state index contributed by atoms with van der Waals surface area (Å²) in [4.78, 5) is 0.369. The van der Waals surface area contributed by atoms with Gasteiger partial charge in [0.25, 0.3) is 0 Å². The normalized spacial score (nSPS) is 19.3. The lowest BCUT2D eigenvalue weighted by molar-refractivity contribution is 0.110. The molecule has 2 nitrogen and oxygen atoms in total. The smallest absolute Gasteiger partial charge is 0.136 e. The van der Waals surface area contributed by atoms with Gasteiger partial charge in [-0.15, -0.1) is 11.8 Å². The fourth-order valence-corrected chi connectivity index (χ4v) is 2.76. The molecule has 1 heterocycles.